The van der Waals surface area contributed by atoms with Gasteiger partial charge in [-0.15, -0.1) is 0 Å². The minimum atomic E-state index is -3.82. The Bertz CT molecular complexity index is 579. The van der Waals surface area contributed by atoms with Gasteiger partial charge in [-0.25, -0.2) is 8.42 Å². The molecule has 1 heterocycles. The van der Waals surface area contributed by atoms with E-state index in [1.54, 1.807) is 14.1 Å². The van der Waals surface area contributed by atoms with Gasteiger partial charge in [-0.2, -0.15) is 9.40 Å². The molecule has 1 rings (SSSR count). The highest BCUT2D eigenvalue weighted by Crippen LogP contribution is 2.20. The van der Waals surface area contributed by atoms with Gasteiger partial charge in [-0.3, -0.25) is 9.48 Å². The molecule has 0 saturated heterocycles. The van der Waals surface area contributed by atoms with Crippen LogP contribution in [-0.4, -0.2) is 61.0 Å². The van der Waals surface area contributed by atoms with Crippen LogP contribution >= 0.6 is 0 Å². The van der Waals surface area contributed by atoms with Crippen LogP contribution in [-0.2, 0) is 21.4 Å². The van der Waals surface area contributed by atoms with Crippen LogP contribution < -0.4 is 5.73 Å². The number of anilines is 1. The Balaban J connectivity index is 3.01. The molecule has 0 bridgehead atoms. The Hall–Kier alpha value is -1.61. The fourth-order valence-corrected chi connectivity index (χ4v) is 2.72. The minimum absolute atomic E-state index is 0.0531. The number of nitrogen functional groups attached to an aromatic ring is 1. The van der Waals surface area contributed by atoms with Crippen molar-refractivity contribution < 1.29 is 13.2 Å². The molecule has 0 fully saturated rings. The monoisotopic (exact) mass is 303 g/mol. The molecule has 0 radical (unpaired) electrons. The Kier molecular flexibility index (Phi) is 5.12. The number of nitrogens with zero attached hydrogens (tertiary/aromatic N) is 4. The second kappa shape index (κ2) is 6.23. The maximum Gasteiger partial charge on any atom is 0.248 e. The second-order valence-corrected chi connectivity index (χ2v) is 6.70. The van der Waals surface area contributed by atoms with Crippen molar-refractivity contribution in [3.8, 4) is 0 Å². The normalized spacial score (nSPS) is 11.8. The van der Waals surface area contributed by atoms with Crippen LogP contribution in [0.25, 0.3) is 0 Å². The highest BCUT2D eigenvalue weighted by Gasteiger charge is 2.27. The molecular weight excluding hydrogens is 282 g/mol. The summed E-state index contributed by atoms with van der Waals surface area (Å²) in [6.07, 6.45) is 2.21. The van der Waals surface area contributed by atoms with Crippen LogP contribution in [0.1, 0.15) is 13.3 Å². The Morgan fingerprint density at radius 3 is 2.50 bits per heavy atom. The van der Waals surface area contributed by atoms with E-state index in [0.717, 1.165) is 10.7 Å². The summed E-state index contributed by atoms with van der Waals surface area (Å²) in [5, 5.41) is 3.96. The Morgan fingerprint density at radius 1 is 1.40 bits per heavy atom. The molecule has 1 aromatic heterocycles. The zero-order chi connectivity index (χ0) is 15.5. The van der Waals surface area contributed by atoms with Crippen molar-refractivity contribution in [3.63, 3.8) is 0 Å². The van der Waals surface area contributed by atoms with Crippen LogP contribution in [0.5, 0.6) is 0 Å². The SMILES string of the molecule is CCCn1cc(S(=O)(=O)N(C)CC(=O)N(C)C)c(N)n1. The van der Waals surface area contributed by atoms with Crippen molar-refractivity contribution in [3.05, 3.63) is 6.20 Å². The standard InChI is InChI=1S/C11H21N5O3S/c1-5-6-16-7-9(11(12)13-16)20(18,19)15(4)8-10(17)14(2)3/h7H,5-6,8H2,1-4H3,(H2,12,13). The van der Waals surface area contributed by atoms with Crippen LogP contribution in [0.2, 0.25) is 0 Å². The van der Waals surface area contributed by atoms with Crippen LogP contribution in [0.15, 0.2) is 11.1 Å². The Labute approximate surface area is 119 Å². The van der Waals surface area contributed by atoms with Crippen molar-refractivity contribution in [1.29, 1.82) is 0 Å². The molecule has 0 aromatic carbocycles. The number of rotatable bonds is 6. The van der Waals surface area contributed by atoms with Crippen molar-refractivity contribution in [2.45, 2.75) is 24.8 Å². The number of sulfonamides is 1. The molecule has 8 nitrogen and oxygen atoms in total. The van der Waals surface area contributed by atoms with E-state index in [0.29, 0.717) is 6.54 Å². The number of hydrogen-bond donors (Lipinski definition) is 1. The maximum atomic E-state index is 12.4. The summed E-state index contributed by atoms with van der Waals surface area (Å²) < 4.78 is 27.2. The van der Waals surface area contributed by atoms with Gasteiger partial charge in [0.2, 0.25) is 15.9 Å². The van der Waals surface area contributed by atoms with E-state index in [1.165, 1.54) is 22.8 Å². The predicted molar refractivity (Wildman–Crippen MR) is 75.4 cm³/mol. The van der Waals surface area contributed by atoms with E-state index in [2.05, 4.69) is 5.10 Å². The fourth-order valence-electron chi connectivity index (χ4n) is 1.55. The molecular formula is C11H21N5O3S. The highest BCUT2D eigenvalue weighted by atomic mass is 32.2. The van der Waals surface area contributed by atoms with E-state index in [-0.39, 0.29) is 23.2 Å². The molecule has 114 valence electrons. The summed E-state index contributed by atoms with van der Waals surface area (Å²) in [6, 6.07) is 0. The maximum absolute atomic E-state index is 12.4. The molecule has 9 heteroatoms. The highest BCUT2D eigenvalue weighted by molar-refractivity contribution is 7.89. The summed E-state index contributed by atoms with van der Waals surface area (Å²) >= 11 is 0. The first kappa shape index (κ1) is 16.4. The average Bonchev–Trinajstić information content (AvgIpc) is 2.71. The number of carbonyl (C=O) groups excluding carboxylic acids is 1. The number of nitrogens with two attached hydrogens (primary N) is 1. The number of amides is 1. The zero-order valence-electron chi connectivity index (χ0n) is 12.2. The minimum Gasteiger partial charge on any atom is -0.381 e. The molecule has 0 atom stereocenters. The van der Waals surface area contributed by atoms with Gasteiger partial charge in [0.05, 0.1) is 6.54 Å². The topological polar surface area (TPSA) is 102 Å². The lowest BCUT2D eigenvalue weighted by Crippen LogP contribution is -2.37. The lowest BCUT2D eigenvalue weighted by molar-refractivity contribution is -0.128. The first-order valence-electron chi connectivity index (χ1n) is 6.19. The van der Waals surface area contributed by atoms with E-state index in [9.17, 15) is 13.2 Å². The van der Waals surface area contributed by atoms with Crippen molar-refractivity contribution in [2.75, 3.05) is 33.4 Å². The Morgan fingerprint density at radius 2 is 2.00 bits per heavy atom. The fraction of sp³-hybridized carbons (Fsp3) is 0.636. The van der Waals surface area contributed by atoms with Crippen molar-refractivity contribution in [2.24, 2.45) is 0 Å². The number of hydrogen-bond acceptors (Lipinski definition) is 5. The molecule has 0 aliphatic rings. The quantitative estimate of drug-likeness (QED) is 0.769. The molecule has 1 aromatic rings. The first-order chi connectivity index (χ1) is 9.20. The van der Waals surface area contributed by atoms with Gasteiger partial charge in [-0.1, -0.05) is 6.92 Å². The average molecular weight is 303 g/mol. The van der Waals surface area contributed by atoms with Gasteiger partial charge in [0.15, 0.2) is 5.82 Å². The summed E-state index contributed by atoms with van der Waals surface area (Å²) in [5.41, 5.74) is 5.65. The third-order valence-corrected chi connectivity index (χ3v) is 4.57. The lowest BCUT2D eigenvalue weighted by Gasteiger charge is -2.18. The van der Waals surface area contributed by atoms with Crippen LogP contribution in [0.3, 0.4) is 0 Å². The van der Waals surface area contributed by atoms with Gasteiger partial charge in [0, 0.05) is 33.9 Å². The van der Waals surface area contributed by atoms with Crippen LogP contribution in [0, 0.1) is 0 Å². The lowest BCUT2D eigenvalue weighted by atomic mass is 10.5. The van der Waals surface area contributed by atoms with E-state index < -0.39 is 10.0 Å². The number of aromatic nitrogens is 2. The summed E-state index contributed by atoms with van der Waals surface area (Å²) in [7, 11) is 0.654. The smallest absolute Gasteiger partial charge is 0.248 e. The van der Waals surface area contributed by atoms with E-state index >= 15 is 0 Å². The van der Waals surface area contributed by atoms with Crippen LogP contribution in [0.4, 0.5) is 5.82 Å². The molecule has 0 spiro atoms. The molecule has 0 aliphatic carbocycles. The first-order valence-corrected chi connectivity index (χ1v) is 7.63. The third kappa shape index (κ3) is 3.48. The molecule has 1 amide bonds. The molecule has 20 heavy (non-hydrogen) atoms. The second-order valence-electron chi connectivity index (χ2n) is 4.69. The largest absolute Gasteiger partial charge is 0.381 e. The zero-order valence-corrected chi connectivity index (χ0v) is 13.0. The van der Waals surface area contributed by atoms with Gasteiger partial charge in [0.25, 0.3) is 0 Å². The predicted octanol–water partition coefficient (Wildman–Crippen LogP) is -0.416. The van der Waals surface area contributed by atoms with E-state index in [4.69, 9.17) is 5.73 Å². The molecule has 0 unspecified atom stereocenters. The van der Waals surface area contributed by atoms with Gasteiger partial charge < -0.3 is 10.6 Å². The van der Waals surface area contributed by atoms with Gasteiger partial charge >= 0.3 is 0 Å². The summed E-state index contributed by atoms with van der Waals surface area (Å²) in [6.45, 7) is 2.29. The van der Waals surface area contributed by atoms with Gasteiger partial charge in [0.1, 0.15) is 4.90 Å². The molecule has 0 aliphatic heterocycles. The van der Waals surface area contributed by atoms with Crippen molar-refractivity contribution in [1.82, 2.24) is 19.0 Å². The number of carbonyl (C=O) groups is 1. The van der Waals surface area contributed by atoms with E-state index in [1.807, 2.05) is 6.92 Å². The van der Waals surface area contributed by atoms with Crippen molar-refractivity contribution >= 4 is 21.7 Å². The molecule has 2 N–H and O–H groups in total. The third-order valence-electron chi connectivity index (χ3n) is 2.75. The summed E-state index contributed by atoms with van der Waals surface area (Å²) in [4.78, 5) is 12.9. The molecule has 0 saturated carbocycles. The number of aryl methyl sites for hydroxylation is 1. The van der Waals surface area contributed by atoms with Gasteiger partial charge in [-0.05, 0) is 6.42 Å². The summed E-state index contributed by atoms with van der Waals surface area (Å²) in [5.74, 6) is -0.363. The number of likely N-dealkylation sites (N-methyl/N-ethyl adjacent to an activating group) is 2.